The summed E-state index contributed by atoms with van der Waals surface area (Å²) >= 11 is 1.54. The third-order valence-corrected chi connectivity index (χ3v) is 4.60. The fraction of sp³-hybridized carbons (Fsp3) is 0.0556. The standard InChI is InChI=1S/C18H14N4OS/c1-19-17(23)12-7-8-13-14(9-12)21-16(20-13)18-22-15(10-24-18)11-5-3-2-4-6-11/h2-10H,1H3,(H,19,23)(H,20,21). The topological polar surface area (TPSA) is 70.7 Å². The van der Waals surface area contributed by atoms with Gasteiger partial charge in [-0.1, -0.05) is 30.3 Å². The largest absolute Gasteiger partial charge is 0.355 e. The number of hydrogen-bond donors (Lipinski definition) is 2. The van der Waals surface area contributed by atoms with Gasteiger partial charge in [0.1, 0.15) is 0 Å². The summed E-state index contributed by atoms with van der Waals surface area (Å²) < 4.78 is 0. The average Bonchev–Trinajstić information content (AvgIpc) is 3.27. The van der Waals surface area contributed by atoms with Crippen molar-refractivity contribution in [3.05, 3.63) is 59.5 Å². The summed E-state index contributed by atoms with van der Waals surface area (Å²) in [7, 11) is 1.61. The maximum absolute atomic E-state index is 11.7. The average molecular weight is 334 g/mol. The smallest absolute Gasteiger partial charge is 0.251 e. The molecule has 0 saturated carbocycles. The number of fused-ring (bicyclic) bond motifs is 1. The second-order valence-corrected chi connectivity index (χ2v) is 6.16. The number of hydrogen-bond acceptors (Lipinski definition) is 4. The lowest BCUT2D eigenvalue weighted by atomic mass is 10.2. The van der Waals surface area contributed by atoms with Gasteiger partial charge in [-0.15, -0.1) is 11.3 Å². The van der Waals surface area contributed by atoms with Crippen LogP contribution in [0.25, 0.3) is 33.1 Å². The van der Waals surface area contributed by atoms with Gasteiger partial charge in [0.05, 0.1) is 16.7 Å². The van der Waals surface area contributed by atoms with Crippen molar-refractivity contribution in [2.45, 2.75) is 0 Å². The Morgan fingerprint density at radius 3 is 2.75 bits per heavy atom. The van der Waals surface area contributed by atoms with Crippen molar-refractivity contribution < 1.29 is 4.79 Å². The molecule has 0 fully saturated rings. The van der Waals surface area contributed by atoms with Crippen molar-refractivity contribution in [2.75, 3.05) is 7.05 Å². The fourth-order valence-electron chi connectivity index (χ4n) is 2.52. The number of nitrogens with one attached hydrogen (secondary N) is 2. The Kier molecular flexibility index (Phi) is 3.59. The number of aromatic nitrogens is 3. The van der Waals surface area contributed by atoms with Gasteiger partial charge in [0, 0.05) is 23.6 Å². The van der Waals surface area contributed by atoms with Crippen LogP contribution in [0.5, 0.6) is 0 Å². The van der Waals surface area contributed by atoms with Crippen LogP contribution in [0.15, 0.2) is 53.9 Å². The number of imidazole rings is 1. The van der Waals surface area contributed by atoms with E-state index in [-0.39, 0.29) is 5.91 Å². The minimum atomic E-state index is -0.123. The number of nitrogens with zero attached hydrogens (tertiary/aromatic N) is 2. The highest BCUT2D eigenvalue weighted by Gasteiger charge is 2.12. The summed E-state index contributed by atoms with van der Waals surface area (Å²) in [6.45, 7) is 0. The van der Waals surface area contributed by atoms with Crippen LogP contribution >= 0.6 is 11.3 Å². The minimum Gasteiger partial charge on any atom is -0.355 e. The molecular formula is C18H14N4OS. The van der Waals surface area contributed by atoms with Crippen molar-refractivity contribution in [2.24, 2.45) is 0 Å². The summed E-state index contributed by atoms with van der Waals surface area (Å²) in [6, 6.07) is 15.5. The zero-order valence-electron chi connectivity index (χ0n) is 12.9. The predicted molar refractivity (Wildman–Crippen MR) is 96.0 cm³/mol. The molecule has 0 aliphatic rings. The Bertz CT molecular complexity index is 1020. The van der Waals surface area contributed by atoms with Crippen molar-refractivity contribution in [3.63, 3.8) is 0 Å². The van der Waals surface area contributed by atoms with Gasteiger partial charge in [-0.2, -0.15) is 0 Å². The highest BCUT2D eigenvalue weighted by molar-refractivity contribution is 7.13. The number of thiazole rings is 1. The van der Waals surface area contributed by atoms with Crippen molar-refractivity contribution >= 4 is 28.3 Å². The Morgan fingerprint density at radius 1 is 1.12 bits per heavy atom. The Morgan fingerprint density at radius 2 is 1.96 bits per heavy atom. The number of carbonyl (C=O) groups is 1. The molecule has 0 unspecified atom stereocenters. The van der Waals surface area contributed by atoms with E-state index in [4.69, 9.17) is 0 Å². The van der Waals surface area contributed by atoms with Crippen molar-refractivity contribution in [1.29, 1.82) is 0 Å². The number of carbonyl (C=O) groups excluding carboxylic acids is 1. The predicted octanol–water partition coefficient (Wildman–Crippen LogP) is 3.71. The van der Waals surface area contributed by atoms with E-state index in [0.29, 0.717) is 11.4 Å². The highest BCUT2D eigenvalue weighted by Crippen LogP contribution is 2.28. The molecule has 0 aliphatic heterocycles. The fourth-order valence-corrected chi connectivity index (χ4v) is 3.29. The zero-order valence-corrected chi connectivity index (χ0v) is 13.7. The molecule has 4 rings (SSSR count). The molecule has 4 aromatic rings. The van der Waals surface area contributed by atoms with Crippen LogP contribution in [-0.2, 0) is 0 Å². The Balaban J connectivity index is 1.72. The minimum absolute atomic E-state index is 0.123. The second kappa shape index (κ2) is 5.90. The van der Waals surface area contributed by atoms with E-state index in [1.54, 1.807) is 30.5 Å². The Labute approximate surface area is 142 Å². The van der Waals surface area contributed by atoms with Crippen LogP contribution in [0.3, 0.4) is 0 Å². The van der Waals surface area contributed by atoms with Crippen LogP contribution in [0.2, 0.25) is 0 Å². The lowest BCUT2D eigenvalue weighted by molar-refractivity contribution is 0.0963. The number of benzene rings is 2. The molecule has 0 radical (unpaired) electrons. The van der Waals surface area contributed by atoms with Crippen LogP contribution in [0.4, 0.5) is 0 Å². The summed E-state index contributed by atoms with van der Waals surface area (Å²) in [5.41, 5.74) is 4.24. The first kappa shape index (κ1) is 14.6. The van der Waals surface area contributed by atoms with Crippen LogP contribution in [0.1, 0.15) is 10.4 Å². The summed E-state index contributed by atoms with van der Waals surface area (Å²) in [4.78, 5) is 24.2. The third-order valence-electron chi connectivity index (χ3n) is 3.75. The van der Waals surface area contributed by atoms with E-state index < -0.39 is 0 Å². The van der Waals surface area contributed by atoms with E-state index in [1.165, 1.54) is 0 Å². The van der Waals surface area contributed by atoms with Gasteiger partial charge < -0.3 is 10.3 Å². The molecule has 0 spiro atoms. The number of rotatable bonds is 3. The Hall–Kier alpha value is -2.99. The molecule has 1 amide bonds. The van der Waals surface area contributed by atoms with Gasteiger partial charge in [-0.3, -0.25) is 4.79 Å². The van der Waals surface area contributed by atoms with E-state index >= 15 is 0 Å². The molecule has 6 heteroatoms. The first-order chi connectivity index (χ1) is 11.7. The van der Waals surface area contributed by atoms with Gasteiger partial charge in [0.25, 0.3) is 5.91 Å². The molecule has 0 saturated heterocycles. The first-order valence-electron chi connectivity index (χ1n) is 7.48. The van der Waals surface area contributed by atoms with E-state index in [2.05, 4.69) is 20.3 Å². The molecule has 5 nitrogen and oxygen atoms in total. The van der Waals surface area contributed by atoms with Crippen LogP contribution < -0.4 is 5.32 Å². The molecule has 2 aromatic heterocycles. The van der Waals surface area contributed by atoms with Gasteiger partial charge in [-0.25, -0.2) is 9.97 Å². The quantitative estimate of drug-likeness (QED) is 0.600. The molecule has 24 heavy (non-hydrogen) atoms. The molecule has 2 N–H and O–H groups in total. The van der Waals surface area contributed by atoms with Crippen molar-refractivity contribution in [3.8, 4) is 22.1 Å². The normalized spacial score (nSPS) is 10.9. The second-order valence-electron chi connectivity index (χ2n) is 5.30. The molecule has 0 atom stereocenters. The lowest BCUT2D eigenvalue weighted by Gasteiger charge is -1.97. The summed E-state index contributed by atoms with van der Waals surface area (Å²) in [5.74, 6) is 0.591. The summed E-state index contributed by atoms with van der Waals surface area (Å²) in [5, 5.41) is 5.47. The van der Waals surface area contributed by atoms with Crippen LogP contribution in [-0.4, -0.2) is 27.9 Å². The van der Waals surface area contributed by atoms with Gasteiger partial charge >= 0.3 is 0 Å². The first-order valence-corrected chi connectivity index (χ1v) is 8.36. The van der Waals surface area contributed by atoms with E-state index in [1.807, 2.05) is 41.8 Å². The SMILES string of the molecule is CNC(=O)c1ccc2[nH]c(-c3nc(-c4ccccc4)cs3)nc2c1. The maximum atomic E-state index is 11.7. The molecule has 2 aromatic carbocycles. The number of aromatic amines is 1. The monoisotopic (exact) mass is 334 g/mol. The zero-order chi connectivity index (χ0) is 16.5. The molecule has 2 heterocycles. The van der Waals surface area contributed by atoms with Gasteiger partial charge in [0.2, 0.25) is 0 Å². The van der Waals surface area contributed by atoms with Crippen LogP contribution in [0, 0.1) is 0 Å². The highest BCUT2D eigenvalue weighted by atomic mass is 32.1. The lowest BCUT2D eigenvalue weighted by Crippen LogP contribution is -2.17. The van der Waals surface area contributed by atoms with E-state index in [0.717, 1.165) is 27.3 Å². The molecule has 0 bridgehead atoms. The van der Waals surface area contributed by atoms with Crippen molar-refractivity contribution in [1.82, 2.24) is 20.3 Å². The molecule has 0 aliphatic carbocycles. The van der Waals surface area contributed by atoms with E-state index in [9.17, 15) is 4.79 Å². The molecular weight excluding hydrogens is 320 g/mol. The van der Waals surface area contributed by atoms with Gasteiger partial charge in [0.15, 0.2) is 10.8 Å². The molecule has 118 valence electrons. The number of amides is 1. The van der Waals surface area contributed by atoms with Gasteiger partial charge in [-0.05, 0) is 18.2 Å². The number of H-pyrrole nitrogens is 1. The third kappa shape index (κ3) is 2.57. The summed E-state index contributed by atoms with van der Waals surface area (Å²) in [6.07, 6.45) is 0. The maximum Gasteiger partial charge on any atom is 0.251 e.